The van der Waals surface area contributed by atoms with Crippen molar-refractivity contribution in [2.75, 3.05) is 11.9 Å². The third-order valence-corrected chi connectivity index (χ3v) is 4.13. The van der Waals surface area contributed by atoms with Gasteiger partial charge in [-0.2, -0.15) is 0 Å². The van der Waals surface area contributed by atoms with Crippen LogP contribution in [0.1, 0.15) is 44.2 Å². The van der Waals surface area contributed by atoms with Crippen molar-refractivity contribution in [3.05, 3.63) is 29.3 Å². The minimum absolute atomic E-state index is 0.169. The molecule has 22 heavy (non-hydrogen) atoms. The monoisotopic (exact) mass is 306 g/mol. The van der Waals surface area contributed by atoms with Crippen LogP contribution < -0.4 is 10.6 Å². The van der Waals surface area contributed by atoms with Crippen molar-refractivity contribution in [1.82, 2.24) is 5.32 Å². The number of carbonyl (C=O) groups is 1. The molecule has 0 aliphatic heterocycles. The predicted molar refractivity (Wildman–Crippen MR) is 86.9 cm³/mol. The summed E-state index contributed by atoms with van der Waals surface area (Å²) in [5.41, 5.74) is 2.12. The van der Waals surface area contributed by atoms with Crippen LogP contribution in [0.4, 0.5) is 10.5 Å². The molecule has 0 unspecified atom stereocenters. The fourth-order valence-electron chi connectivity index (χ4n) is 2.40. The van der Waals surface area contributed by atoms with Crippen molar-refractivity contribution in [3.8, 4) is 0 Å². The number of hydrogen-bond acceptors (Lipinski definition) is 3. The number of aliphatic hydroxyl groups is 1. The molecule has 2 rings (SSSR count). The van der Waals surface area contributed by atoms with Gasteiger partial charge in [-0.15, -0.1) is 0 Å². The number of urea groups is 1. The van der Waals surface area contributed by atoms with Crippen LogP contribution in [0, 0.1) is 6.92 Å². The molecular formula is C17H26N2O3. The zero-order valence-electron chi connectivity index (χ0n) is 13.6. The largest absolute Gasteiger partial charge is 0.388 e. The van der Waals surface area contributed by atoms with Gasteiger partial charge in [-0.3, -0.25) is 0 Å². The smallest absolute Gasteiger partial charge is 0.319 e. The molecule has 0 spiro atoms. The highest BCUT2D eigenvalue weighted by molar-refractivity contribution is 5.90. The van der Waals surface area contributed by atoms with Gasteiger partial charge in [0.05, 0.1) is 18.3 Å². The van der Waals surface area contributed by atoms with Crippen molar-refractivity contribution in [2.45, 2.75) is 58.3 Å². The SMILES string of the molecule is Cc1c(COC(C)C)cccc1NC(=O)NCC1(O)CCC1. The average Bonchev–Trinajstić information content (AvgIpc) is 2.44. The molecule has 1 fully saturated rings. The van der Waals surface area contributed by atoms with Crippen LogP contribution in [0.3, 0.4) is 0 Å². The lowest BCUT2D eigenvalue weighted by Gasteiger charge is -2.36. The maximum atomic E-state index is 12.0. The number of nitrogens with one attached hydrogen (secondary N) is 2. The highest BCUT2D eigenvalue weighted by Crippen LogP contribution is 2.30. The van der Waals surface area contributed by atoms with Crippen LogP contribution in [0.2, 0.25) is 0 Å². The van der Waals surface area contributed by atoms with Gasteiger partial charge in [0.2, 0.25) is 0 Å². The summed E-state index contributed by atoms with van der Waals surface area (Å²) in [6, 6.07) is 5.48. The summed E-state index contributed by atoms with van der Waals surface area (Å²) in [4.78, 5) is 12.0. The Morgan fingerprint density at radius 3 is 2.73 bits per heavy atom. The predicted octanol–water partition coefficient (Wildman–Crippen LogP) is 2.96. The van der Waals surface area contributed by atoms with E-state index in [1.54, 1.807) is 0 Å². The summed E-state index contributed by atoms with van der Waals surface area (Å²) < 4.78 is 5.62. The Labute approximate surface area is 132 Å². The van der Waals surface area contributed by atoms with E-state index in [1.165, 1.54) is 0 Å². The average molecular weight is 306 g/mol. The molecule has 1 aromatic rings. The van der Waals surface area contributed by atoms with Crippen molar-refractivity contribution in [1.29, 1.82) is 0 Å². The van der Waals surface area contributed by atoms with E-state index in [-0.39, 0.29) is 12.1 Å². The number of rotatable bonds is 6. The molecule has 0 radical (unpaired) electrons. The molecule has 0 aromatic heterocycles. The van der Waals surface area contributed by atoms with E-state index < -0.39 is 5.60 Å². The number of anilines is 1. The first-order valence-corrected chi connectivity index (χ1v) is 7.87. The number of benzene rings is 1. The number of hydrogen-bond donors (Lipinski definition) is 3. The molecule has 2 amide bonds. The van der Waals surface area contributed by atoms with E-state index in [1.807, 2.05) is 39.0 Å². The molecule has 0 bridgehead atoms. The van der Waals surface area contributed by atoms with Gasteiger partial charge in [0.15, 0.2) is 0 Å². The van der Waals surface area contributed by atoms with Gasteiger partial charge >= 0.3 is 6.03 Å². The maximum Gasteiger partial charge on any atom is 0.319 e. The van der Waals surface area contributed by atoms with Crippen LogP contribution in [-0.4, -0.2) is 29.4 Å². The fraction of sp³-hybridized carbons (Fsp3) is 0.588. The highest BCUT2D eigenvalue weighted by Gasteiger charge is 2.34. The summed E-state index contributed by atoms with van der Waals surface area (Å²) in [6.45, 7) is 6.79. The van der Waals surface area contributed by atoms with E-state index >= 15 is 0 Å². The minimum Gasteiger partial charge on any atom is -0.388 e. The second kappa shape index (κ2) is 7.11. The zero-order chi connectivity index (χ0) is 16.2. The standard InChI is InChI=1S/C17H26N2O3/c1-12(2)22-10-14-6-4-7-15(13(14)3)19-16(20)18-11-17(21)8-5-9-17/h4,6-7,12,21H,5,8-11H2,1-3H3,(H2,18,19,20). The number of amides is 2. The second-order valence-corrected chi connectivity index (χ2v) is 6.34. The zero-order valence-corrected chi connectivity index (χ0v) is 13.6. The molecule has 5 nitrogen and oxygen atoms in total. The molecule has 5 heteroatoms. The highest BCUT2D eigenvalue weighted by atomic mass is 16.5. The van der Waals surface area contributed by atoms with Crippen molar-refractivity contribution in [3.63, 3.8) is 0 Å². The van der Waals surface area contributed by atoms with E-state index in [0.717, 1.165) is 36.1 Å². The van der Waals surface area contributed by atoms with Gasteiger partial charge in [0.1, 0.15) is 0 Å². The second-order valence-electron chi connectivity index (χ2n) is 6.34. The molecule has 0 saturated heterocycles. The molecule has 1 saturated carbocycles. The Morgan fingerprint density at radius 1 is 1.41 bits per heavy atom. The van der Waals surface area contributed by atoms with E-state index in [4.69, 9.17) is 4.74 Å². The third kappa shape index (κ3) is 4.45. The molecule has 0 heterocycles. The Bertz CT molecular complexity index is 525. The number of ether oxygens (including phenoxy) is 1. The molecule has 1 aromatic carbocycles. The topological polar surface area (TPSA) is 70.6 Å². The van der Waals surface area contributed by atoms with Crippen molar-refractivity contribution in [2.24, 2.45) is 0 Å². The normalized spacial score (nSPS) is 16.2. The molecule has 1 aliphatic rings. The van der Waals surface area contributed by atoms with Gasteiger partial charge in [-0.25, -0.2) is 4.79 Å². The van der Waals surface area contributed by atoms with Gasteiger partial charge in [0, 0.05) is 12.2 Å². The lowest BCUT2D eigenvalue weighted by Crippen LogP contribution is -2.48. The molecule has 1 aliphatic carbocycles. The van der Waals surface area contributed by atoms with Crippen LogP contribution in [-0.2, 0) is 11.3 Å². The first-order valence-electron chi connectivity index (χ1n) is 7.87. The lowest BCUT2D eigenvalue weighted by atomic mass is 9.80. The van der Waals surface area contributed by atoms with Gasteiger partial charge in [-0.1, -0.05) is 12.1 Å². The Kier molecular flexibility index (Phi) is 5.42. The summed E-state index contributed by atoms with van der Waals surface area (Å²) >= 11 is 0. The molecule has 122 valence electrons. The summed E-state index contributed by atoms with van der Waals surface area (Å²) in [5.74, 6) is 0. The first kappa shape index (κ1) is 16.8. The van der Waals surface area contributed by atoms with Crippen LogP contribution >= 0.6 is 0 Å². The molecule has 3 N–H and O–H groups in total. The summed E-state index contributed by atoms with van der Waals surface area (Å²) in [7, 11) is 0. The summed E-state index contributed by atoms with van der Waals surface area (Å²) in [6.07, 6.45) is 2.71. The van der Waals surface area contributed by atoms with Gasteiger partial charge < -0.3 is 20.5 Å². The van der Waals surface area contributed by atoms with Crippen LogP contribution in [0.25, 0.3) is 0 Å². The maximum absolute atomic E-state index is 12.0. The first-order chi connectivity index (χ1) is 10.4. The molecule has 0 atom stereocenters. The fourth-order valence-corrected chi connectivity index (χ4v) is 2.40. The Hall–Kier alpha value is -1.59. The Balaban J connectivity index is 1.91. The third-order valence-electron chi connectivity index (χ3n) is 4.13. The van der Waals surface area contributed by atoms with E-state index in [0.29, 0.717) is 13.2 Å². The van der Waals surface area contributed by atoms with Crippen molar-refractivity contribution < 1.29 is 14.6 Å². The minimum atomic E-state index is -0.709. The quantitative estimate of drug-likeness (QED) is 0.756. The number of carbonyl (C=O) groups excluding carboxylic acids is 1. The summed E-state index contributed by atoms with van der Waals surface area (Å²) in [5, 5.41) is 15.6. The van der Waals surface area contributed by atoms with Crippen LogP contribution in [0.15, 0.2) is 18.2 Å². The Morgan fingerprint density at radius 2 is 2.14 bits per heavy atom. The van der Waals surface area contributed by atoms with Gasteiger partial charge in [0.25, 0.3) is 0 Å². The lowest BCUT2D eigenvalue weighted by molar-refractivity contribution is -0.0287. The van der Waals surface area contributed by atoms with Gasteiger partial charge in [-0.05, 0) is 57.2 Å². The van der Waals surface area contributed by atoms with Crippen LogP contribution in [0.5, 0.6) is 0 Å². The van der Waals surface area contributed by atoms with Crippen molar-refractivity contribution >= 4 is 11.7 Å². The molecular weight excluding hydrogens is 280 g/mol. The van der Waals surface area contributed by atoms with E-state index in [2.05, 4.69) is 10.6 Å². The van der Waals surface area contributed by atoms with E-state index in [9.17, 15) is 9.90 Å².